The van der Waals surface area contributed by atoms with E-state index in [1.807, 2.05) is 25.1 Å². The summed E-state index contributed by atoms with van der Waals surface area (Å²) in [6.45, 7) is 2.66. The SMILES string of the molecule is CCc1c(CN=C=O)cccc1CN=C=O. The lowest BCUT2D eigenvalue weighted by Gasteiger charge is -2.09. The van der Waals surface area contributed by atoms with Gasteiger partial charge in [0.2, 0.25) is 12.2 Å². The van der Waals surface area contributed by atoms with Gasteiger partial charge in [0, 0.05) is 0 Å². The van der Waals surface area contributed by atoms with E-state index in [1.54, 1.807) is 0 Å². The van der Waals surface area contributed by atoms with Crippen molar-refractivity contribution < 1.29 is 9.59 Å². The molecule has 16 heavy (non-hydrogen) atoms. The number of rotatable bonds is 5. The molecule has 0 aliphatic carbocycles. The van der Waals surface area contributed by atoms with E-state index in [0.717, 1.165) is 23.1 Å². The number of nitrogens with zero attached hydrogens (tertiary/aromatic N) is 2. The zero-order valence-electron chi connectivity index (χ0n) is 9.06. The van der Waals surface area contributed by atoms with Gasteiger partial charge in [-0.1, -0.05) is 25.1 Å². The van der Waals surface area contributed by atoms with Crippen molar-refractivity contribution in [1.29, 1.82) is 0 Å². The second-order valence-electron chi connectivity index (χ2n) is 3.22. The van der Waals surface area contributed by atoms with Gasteiger partial charge in [0.05, 0.1) is 13.1 Å². The van der Waals surface area contributed by atoms with Crippen molar-refractivity contribution in [3.8, 4) is 0 Å². The monoisotopic (exact) mass is 216 g/mol. The normalized spacial score (nSPS) is 9.06. The Morgan fingerprint density at radius 1 is 1.06 bits per heavy atom. The maximum absolute atomic E-state index is 10.1. The molecule has 0 aromatic heterocycles. The minimum atomic E-state index is 0.325. The van der Waals surface area contributed by atoms with Crippen molar-refractivity contribution in [1.82, 2.24) is 0 Å². The van der Waals surface area contributed by atoms with Crippen LogP contribution in [0, 0.1) is 0 Å². The Hall–Kier alpha value is -2.02. The number of isocyanates is 2. The molecule has 1 aromatic carbocycles. The summed E-state index contributed by atoms with van der Waals surface area (Å²) in [5.74, 6) is 0. The summed E-state index contributed by atoms with van der Waals surface area (Å²) in [6.07, 6.45) is 3.85. The van der Waals surface area contributed by atoms with Gasteiger partial charge in [0.25, 0.3) is 0 Å². The fourth-order valence-electron chi connectivity index (χ4n) is 1.67. The predicted octanol–water partition coefficient (Wildman–Crippen LogP) is 1.92. The molecule has 0 bridgehead atoms. The Kier molecular flexibility index (Phi) is 4.87. The molecule has 0 spiro atoms. The van der Waals surface area contributed by atoms with Gasteiger partial charge in [-0.3, -0.25) is 0 Å². The summed E-state index contributed by atoms with van der Waals surface area (Å²) < 4.78 is 0. The molecule has 1 aromatic rings. The lowest BCUT2D eigenvalue weighted by atomic mass is 9.99. The second kappa shape index (κ2) is 6.46. The first kappa shape index (κ1) is 12.1. The highest BCUT2D eigenvalue weighted by atomic mass is 16.1. The van der Waals surface area contributed by atoms with Gasteiger partial charge in [-0.05, 0) is 23.1 Å². The number of hydrogen-bond donors (Lipinski definition) is 0. The Morgan fingerprint density at radius 2 is 1.56 bits per heavy atom. The molecule has 0 fully saturated rings. The Morgan fingerprint density at radius 3 is 1.94 bits per heavy atom. The average molecular weight is 216 g/mol. The van der Waals surface area contributed by atoms with E-state index < -0.39 is 0 Å². The van der Waals surface area contributed by atoms with Crippen LogP contribution < -0.4 is 0 Å². The highest BCUT2D eigenvalue weighted by molar-refractivity contribution is 5.40. The van der Waals surface area contributed by atoms with Crippen molar-refractivity contribution in [3.05, 3.63) is 34.9 Å². The first-order valence-electron chi connectivity index (χ1n) is 5.00. The molecule has 1 rings (SSSR count). The third-order valence-corrected chi connectivity index (χ3v) is 2.35. The van der Waals surface area contributed by atoms with Crippen molar-refractivity contribution in [2.75, 3.05) is 0 Å². The fourth-order valence-corrected chi connectivity index (χ4v) is 1.67. The van der Waals surface area contributed by atoms with Crippen molar-refractivity contribution in [2.24, 2.45) is 9.98 Å². The molecule has 0 atom stereocenters. The van der Waals surface area contributed by atoms with E-state index in [1.165, 1.54) is 12.2 Å². The van der Waals surface area contributed by atoms with Gasteiger partial charge in [0.15, 0.2) is 0 Å². The maximum Gasteiger partial charge on any atom is 0.235 e. The van der Waals surface area contributed by atoms with E-state index in [0.29, 0.717) is 13.1 Å². The Labute approximate surface area is 93.7 Å². The van der Waals surface area contributed by atoms with Crippen LogP contribution >= 0.6 is 0 Å². The quantitative estimate of drug-likeness (QED) is 0.557. The molecule has 0 aliphatic heterocycles. The van der Waals surface area contributed by atoms with Crippen LogP contribution in [-0.2, 0) is 29.1 Å². The Balaban J connectivity index is 3.08. The smallest absolute Gasteiger partial charge is 0.211 e. The average Bonchev–Trinajstić information content (AvgIpc) is 2.33. The lowest BCUT2D eigenvalue weighted by Crippen LogP contribution is -1.97. The molecule has 0 unspecified atom stereocenters. The third kappa shape index (κ3) is 2.99. The minimum Gasteiger partial charge on any atom is -0.211 e. The van der Waals surface area contributed by atoms with Crippen LogP contribution in [0.3, 0.4) is 0 Å². The van der Waals surface area contributed by atoms with Crippen molar-refractivity contribution in [2.45, 2.75) is 26.4 Å². The maximum atomic E-state index is 10.1. The number of benzene rings is 1. The van der Waals surface area contributed by atoms with Crippen LogP contribution in [0.1, 0.15) is 23.6 Å². The number of carbonyl (C=O) groups excluding carboxylic acids is 2. The zero-order chi connectivity index (χ0) is 11.8. The van der Waals surface area contributed by atoms with E-state index in [4.69, 9.17) is 0 Å². The van der Waals surface area contributed by atoms with E-state index in [-0.39, 0.29) is 0 Å². The van der Waals surface area contributed by atoms with Crippen molar-refractivity contribution >= 4 is 12.2 Å². The van der Waals surface area contributed by atoms with Gasteiger partial charge in [0.1, 0.15) is 0 Å². The second-order valence-corrected chi connectivity index (χ2v) is 3.22. The molecular weight excluding hydrogens is 204 g/mol. The van der Waals surface area contributed by atoms with Crippen LogP contribution in [0.15, 0.2) is 28.2 Å². The third-order valence-electron chi connectivity index (χ3n) is 2.35. The minimum absolute atomic E-state index is 0.325. The first-order valence-corrected chi connectivity index (χ1v) is 5.00. The van der Waals surface area contributed by atoms with Gasteiger partial charge in [-0.25, -0.2) is 19.6 Å². The summed E-state index contributed by atoms with van der Waals surface area (Å²) in [5.41, 5.74) is 3.04. The van der Waals surface area contributed by atoms with Crippen LogP contribution in [0.4, 0.5) is 0 Å². The van der Waals surface area contributed by atoms with Crippen LogP contribution in [0.25, 0.3) is 0 Å². The largest absolute Gasteiger partial charge is 0.235 e. The van der Waals surface area contributed by atoms with E-state index in [2.05, 4.69) is 9.98 Å². The molecule has 0 N–H and O–H groups in total. The molecule has 0 radical (unpaired) electrons. The molecule has 0 amide bonds. The van der Waals surface area contributed by atoms with Gasteiger partial charge in [-0.15, -0.1) is 0 Å². The summed E-state index contributed by atoms with van der Waals surface area (Å²) >= 11 is 0. The number of aliphatic imine (C=N–C) groups is 2. The molecule has 0 aliphatic rings. The molecule has 0 saturated heterocycles. The van der Waals surface area contributed by atoms with E-state index in [9.17, 15) is 9.59 Å². The topological polar surface area (TPSA) is 58.9 Å². The fraction of sp³-hybridized carbons (Fsp3) is 0.333. The molecule has 4 heteroatoms. The van der Waals surface area contributed by atoms with Crippen LogP contribution in [-0.4, -0.2) is 12.2 Å². The molecular formula is C12H12N2O2. The van der Waals surface area contributed by atoms with E-state index >= 15 is 0 Å². The predicted molar refractivity (Wildman–Crippen MR) is 59.5 cm³/mol. The summed E-state index contributed by atoms with van der Waals surface area (Å²) in [7, 11) is 0. The summed E-state index contributed by atoms with van der Waals surface area (Å²) in [4.78, 5) is 27.3. The zero-order valence-corrected chi connectivity index (χ0v) is 9.06. The first-order chi connectivity index (χ1) is 7.83. The van der Waals surface area contributed by atoms with Gasteiger partial charge >= 0.3 is 0 Å². The molecule has 0 saturated carbocycles. The van der Waals surface area contributed by atoms with Crippen LogP contribution in [0.2, 0.25) is 0 Å². The van der Waals surface area contributed by atoms with Crippen molar-refractivity contribution in [3.63, 3.8) is 0 Å². The van der Waals surface area contributed by atoms with Gasteiger partial charge < -0.3 is 0 Å². The standard InChI is InChI=1S/C12H12N2O2/c1-2-12-10(6-13-8-15)4-3-5-11(12)7-14-9-16/h3-5H,2,6-7H2,1H3. The lowest BCUT2D eigenvalue weighted by molar-refractivity contribution is 0.562. The van der Waals surface area contributed by atoms with Gasteiger partial charge in [-0.2, -0.15) is 0 Å². The molecule has 4 nitrogen and oxygen atoms in total. The highest BCUT2D eigenvalue weighted by Crippen LogP contribution is 2.17. The summed E-state index contributed by atoms with van der Waals surface area (Å²) in [5, 5.41) is 0. The summed E-state index contributed by atoms with van der Waals surface area (Å²) in [6, 6.07) is 5.69. The molecule has 0 heterocycles. The molecule has 82 valence electrons. The number of hydrogen-bond acceptors (Lipinski definition) is 4. The highest BCUT2D eigenvalue weighted by Gasteiger charge is 2.05. The van der Waals surface area contributed by atoms with Crippen LogP contribution in [0.5, 0.6) is 0 Å². The Bertz CT molecular complexity index is 418.